The van der Waals surface area contributed by atoms with Gasteiger partial charge in [0.15, 0.2) is 0 Å². The Balaban J connectivity index is 1.99. The minimum Gasteiger partial charge on any atom is -0.262 e. The third-order valence-electron chi connectivity index (χ3n) is 3.90. The summed E-state index contributed by atoms with van der Waals surface area (Å²) in [5.74, 6) is 0. The maximum Gasteiger partial charge on any atom is 0.257 e. The molecule has 0 aliphatic rings. The Morgan fingerprint density at radius 3 is 2.25 bits per heavy atom. The number of anilines is 1. The minimum absolute atomic E-state index is 0.169. The molecule has 0 saturated carbocycles. The highest BCUT2D eigenvalue weighted by Crippen LogP contribution is 2.26. The number of rotatable bonds is 6. The summed E-state index contributed by atoms with van der Waals surface area (Å²) >= 11 is 15.5. The average molecular weight is 497 g/mol. The zero-order valence-corrected chi connectivity index (χ0v) is 18.5. The van der Waals surface area contributed by atoms with Crippen molar-refractivity contribution in [2.45, 2.75) is 6.54 Å². The van der Waals surface area contributed by atoms with Gasteiger partial charge < -0.3 is 0 Å². The maximum atomic E-state index is 13.1. The van der Waals surface area contributed by atoms with E-state index in [2.05, 4.69) is 15.9 Å². The van der Waals surface area contributed by atoms with Crippen molar-refractivity contribution in [1.29, 1.82) is 0 Å². The van der Waals surface area contributed by atoms with E-state index in [4.69, 9.17) is 23.2 Å². The smallest absolute Gasteiger partial charge is 0.257 e. The zero-order valence-electron chi connectivity index (χ0n) is 14.6. The molecule has 0 aliphatic carbocycles. The molecule has 0 saturated heterocycles. The van der Waals surface area contributed by atoms with Crippen LogP contribution in [-0.4, -0.2) is 8.42 Å². The number of hydrogen-bond donors (Lipinski definition) is 0. The van der Waals surface area contributed by atoms with Gasteiger partial charge in [-0.15, -0.1) is 0 Å². The van der Waals surface area contributed by atoms with E-state index < -0.39 is 10.0 Å². The molecule has 0 atom stereocenters. The SMILES string of the molecule is O=S(=O)(C=Cc1cccc(Cl)c1)N(Cc1cccc(Br)c1)c1cccc(Cl)c1. The lowest BCUT2D eigenvalue weighted by molar-refractivity contribution is 0.599. The summed E-state index contributed by atoms with van der Waals surface area (Å²) in [5.41, 5.74) is 2.03. The summed E-state index contributed by atoms with van der Waals surface area (Å²) in [6.45, 7) is 0.169. The first-order chi connectivity index (χ1) is 13.3. The summed E-state index contributed by atoms with van der Waals surface area (Å²) in [5, 5.41) is 2.18. The van der Waals surface area contributed by atoms with Crippen molar-refractivity contribution >= 4 is 60.9 Å². The molecule has 3 aromatic rings. The minimum atomic E-state index is -3.78. The summed E-state index contributed by atoms with van der Waals surface area (Å²) in [6.07, 6.45) is 1.53. The van der Waals surface area contributed by atoms with Crippen LogP contribution in [0.1, 0.15) is 11.1 Å². The third-order valence-corrected chi connectivity index (χ3v) is 6.30. The van der Waals surface area contributed by atoms with Crippen LogP contribution in [-0.2, 0) is 16.6 Å². The van der Waals surface area contributed by atoms with Crippen molar-refractivity contribution in [3.63, 3.8) is 0 Å². The summed E-state index contributed by atoms with van der Waals surface area (Å²) in [4.78, 5) is 0. The molecule has 0 bridgehead atoms. The summed E-state index contributed by atoms with van der Waals surface area (Å²) < 4.78 is 28.5. The Morgan fingerprint density at radius 2 is 1.57 bits per heavy atom. The molecular formula is C21H16BrCl2NO2S. The van der Waals surface area contributed by atoms with Crippen LogP contribution in [0.25, 0.3) is 6.08 Å². The first kappa shape index (κ1) is 20.9. The predicted molar refractivity (Wildman–Crippen MR) is 121 cm³/mol. The monoisotopic (exact) mass is 495 g/mol. The molecule has 3 aromatic carbocycles. The molecule has 0 fully saturated rings. The number of nitrogens with zero attached hydrogens (tertiary/aromatic N) is 1. The van der Waals surface area contributed by atoms with E-state index in [1.54, 1.807) is 48.5 Å². The quantitative estimate of drug-likeness (QED) is 0.377. The number of hydrogen-bond acceptors (Lipinski definition) is 2. The van der Waals surface area contributed by atoms with Gasteiger partial charge in [0.05, 0.1) is 17.6 Å². The fourth-order valence-electron chi connectivity index (χ4n) is 2.61. The van der Waals surface area contributed by atoms with E-state index in [9.17, 15) is 8.42 Å². The lowest BCUT2D eigenvalue weighted by Gasteiger charge is -2.23. The molecule has 0 aromatic heterocycles. The van der Waals surface area contributed by atoms with Gasteiger partial charge in [0.25, 0.3) is 10.0 Å². The second-order valence-corrected chi connectivity index (χ2v) is 9.55. The fourth-order valence-corrected chi connectivity index (χ4v) is 4.65. The molecular weight excluding hydrogens is 481 g/mol. The van der Waals surface area contributed by atoms with E-state index in [1.807, 2.05) is 24.3 Å². The van der Waals surface area contributed by atoms with Crippen molar-refractivity contribution in [1.82, 2.24) is 0 Å². The third kappa shape index (κ3) is 5.61. The predicted octanol–water partition coefficient (Wildman–Crippen LogP) is 6.76. The summed E-state index contributed by atoms with van der Waals surface area (Å²) in [6, 6.07) is 21.3. The second kappa shape index (κ2) is 9.14. The largest absolute Gasteiger partial charge is 0.262 e. The van der Waals surface area contributed by atoms with Crippen LogP contribution in [0.3, 0.4) is 0 Å². The van der Waals surface area contributed by atoms with Crippen LogP contribution in [0, 0.1) is 0 Å². The van der Waals surface area contributed by atoms with Gasteiger partial charge in [-0.1, -0.05) is 69.5 Å². The van der Waals surface area contributed by atoms with Crippen LogP contribution < -0.4 is 4.31 Å². The molecule has 0 N–H and O–H groups in total. The topological polar surface area (TPSA) is 37.4 Å². The van der Waals surface area contributed by atoms with Crippen LogP contribution in [0.15, 0.2) is 82.7 Å². The number of sulfonamides is 1. The average Bonchev–Trinajstić information content (AvgIpc) is 2.65. The van der Waals surface area contributed by atoms with E-state index in [0.717, 1.165) is 10.0 Å². The number of halogens is 3. The van der Waals surface area contributed by atoms with E-state index >= 15 is 0 Å². The highest BCUT2D eigenvalue weighted by atomic mass is 79.9. The molecule has 7 heteroatoms. The fraction of sp³-hybridized carbons (Fsp3) is 0.0476. The lowest BCUT2D eigenvalue weighted by atomic mass is 10.2. The van der Waals surface area contributed by atoms with Crippen molar-refractivity contribution in [2.75, 3.05) is 4.31 Å². The molecule has 0 unspecified atom stereocenters. The van der Waals surface area contributed by atoms with E-state index in [1.165, 1.54) is 15.8 Å². The number of benzene rings is 3. The Labute approximate surface area is 183 Å². The van der Waals surface area contributed by atoms with Gasteiger partial charge in [-0.3, -0.25) is 4.31 Å². The van der Waals surface area contributed by atoms with E-state index in [0.29, 0.717) is 21.3 Å². The van der Waals surface area contributed by atoms with Gasteiger partial charge in [-0.2, -0.15) is 0 Å². The molecule has 0 amide bonds. The highest BCUT2D eigenvalue weighted by Gasteiger charge is 2.21. The zero-order chi connectivity index (χ0) is 20.1. The highest BCUT2D eigenvalue weighted by molar-refractivity contribution is 9.10. The molecule has 0 heterocycles. The van der Waals surface area contributed by atoms with Gasteiger partial charge in [0.2, 0.25) is 0 Å². The van der Waals surface area contributed by atoms with Gasteiger partial charge in [-0.05, 0) is 59.7 Å². The first-order valence-corrected chi connectivity index (χ1v) is 11.4. The van der Waals surface area contributed by atoms with E-state index in [-0.39, 0.29) is 6.54 Å². The molecule has 144 valence electrons. The molecule has 3 rings (SSSR count). The Bertz CT molecular complexity index is 1120. The molecule has 28 heavy (non-hydrogen) atoms. The Hall–Kier alpha value is -1.79. The standard InChI is InChI=1S/C21H16BrCl2NO2S/c22-18-6-1-5-17(12-18)15-25(21-9-3-8-20(24)14-21)28(26,27)11-10-16-4-2-7-19(23)13-16/h1-14H,15H2. The van der Waals surface area contributed by atoms with Crippen molar-refractivity contribution < 1.29 is 8.42 Å². The van der Waals surface area contributed by atoms with Crippen LogP contribution >= 0.6 is 39.1 Å². The van der Waals surface area contributed by atoms with Crippen molar-refractivity contribution in [2.24, 2.45) is 0 Å². The first-order valence-electron chi connectivity index (χ1n) is 8.30. The molecule has 0 radical (unpaired) electrons. The van der Waals surface area contributed by atoms with Crippen LogP contribution in [0.5, 0.6) is 0 Å². The maximum absolute atomic E-state index is 13.1. The molecule has 3 nitrogen and oxygen atoms in total. The van der Waals surface area contributed by atoms with Crippen molar-refractivity contribution in [3.8, 4) is 0 Å². The lowest BCUT2D eigenvalue weighted by Crippen LogP contribution is -2.28. The molecule has 0 aliphatic heterocycles. The van der Waals surface area contributed by atoms with Gasteiger partial charge in [-0.25, -0.2) is 8.42 Å². The van der Waals surface area contributed by atoms with Gasteiger partial charge in [0, 0.05) is 14.5 Å². The van der Waals surface area contributed by atoms with Crippen molar-refractivity contribution in [3.05, 3.63) is 104 Å². The van der Waals surface area contributed by atoms with Gasteiger partial charge in [0.1, 0.15) is 0 Å². The van der Waals surface area contributed by atoms with Crippen LogP contribution in [0.4, 0.5) is 5.69 Å². The molecule has 0 spiro atoms. The Kier molecular flexibility index (Phi) is 6.83. The second-order valence-electron chi connectivity index (χ2n) is 6.02. The normalized spacial score (nSPS) is 11.7. The summed E-state index contributed by atoms with van der Waals surface area (Å²) in [7, 11) is -3.78. The Morgan fingerprint density at radius 1 is 0.893 bits per heavy atom. The van der Waals surface area contributed by atoms with Gasteiger partial charge >= 0.3 is 0 Å². The van der Waals surface area contributed by atoms with Crippen LogP contribution in [0.2, 0.25) is 10.0 Å².